The van der Waals surface area contributed by atoms with Crippen LogP contribution in [0.5, 0.6) is 0 Å². The van der Waals surface area contributed by atoms with E-state index in [1.165, 1.54) is 22.1 Å². The maximum Gasteiger partial charge on any atom is 0.225 e. The third-order valence-corrected chi connectivity index (χ3v) is 3.92. The number of nitrogens with zero attached hydrogens (tertiary/aromatic N) is 4. The summed E-state index contributed by atoms with van der Waals surface area (Å²) in [7, 11) is 0. The van der Waals surface area contributed by atoms with Crippen molar-refractivity contribution in [3.63, 3.8) is 0 Å². The number of hydrogen-bond acceptors (Lipinski definition) is 5. The minimum atomic E-state index is -0.995. The fourth-order valence-corrected chi connectivity index (χ4v) is 2.65. The quantitative estimate of drug-likeness (QED) is 0.772. The zero-order valence-corrected chi connectivity index (χ0v) is 12.6. The molecule has 1 aromatic carbocycles. The summed E-state index contributed by atoms with van der Waals surface area (Å²) in [5.74, 6) is -1.80. The second-order valence-electron chi connectivity index (χ2n) is 4.64. The molecule has 0 aliphatic carbocycles. The van der Waals surface area contributed by atoms with Gasteiger partial charge in [-0.2, -0.15) is 4.68 Å². The fourth-order valence-electron chi connectivity index (χ4n) is 1.94. The van der Waals surface area contributed by atoms with Crippen LogP contribution >= 0.6 is 11.3 Å². The van der Waals surface area contributed by atoms with Crippen molar-refractivity contribution in [1.29, 1.82) is 0 Å². The molecule has 9 heteroatoms. The molecule has 0 aliphatic heterocycles. The van der Waals surface area contributed by atoms with E-state index >= 15 is 0 Å². The predicted octanol–water partition coefficient (Wildman–Crippen LogP) is 1.86. The Kier molecular flexibility index (Phi) is 4.38. The van der Waals surface area contributed by atoms with Gasteiger partial charge in [0.25, 0.3) is 0 Å². The molecule has 0 bridgehead atoms. The number of carbonyl (C=O) groups is 1. The minimum absolute atomic E-state index is 0.0796. The van der Waals surface area contributed by atoms with Crippen LogP contribution in [0.3, 0.4) is 0 Å². The number of halogens is 2. The first-order valence-electron chi connectivity index (χ1n) is 6.65. The summed E-state index contributed by atoms with van der Waals surface area (Å²) in [5, 5.41) is 15.6. The van der Waals surface area contributed by atoms with Crippen LogP contribution in [0.25, 0.3) is 5.69 Å². The number of aromatic nitrogens is 4. The zero-order valence-electron chi connectivity index (χ0n) is 11.7. The van der Waals surface area contributed by atoms with Gasteiger partial charge in [0.15, 0.2) is 17.5 Å². The highest BCUT2D eigenvalue weighted by atomic mass is 32.1. The number of thiophene rings is 1. The van der Waals surface area contributed by atoms with Crippen LogP contribution in [0.4, 0.5) is 8.78 Å². The average Bonchev–Trinajstić information content (AvgIpc) is 3.19. The number of tetrazole rings is 1. The molecule has 118 valence electrons. The van der Waals surface area contributed by atoms with Gasteiger partial charge in [-0.1, -0.05) is 6.07 Å². The Morgan fingerprint density at radius 2 is 2.13 bits per heavy atom. The zero-order chi connectivity index (χ0) is 16.2. The SMILES string of the molecule is O=C(Cc1cccs1)NCc1nnnn1-c1ccc(F)c(F)c1. The van der Waals surface area contributed by atoms with E-state index in [4.69, 9.17) is 0 Å². The molecule has 0 saturated carbocycles. The van der Waals surface area contributed by atoms with Crippen molar-refractivity contribution in [2.45, 2.75) is 13.0 Å². The molecule has 3 rings (SSSR count). The third kappa shape index (κ3) is 3.57. The lowest BCUT2D eigenvalue weighted by molar-refractivity contribution is -0.120. The van der Waals surface area contributed by atoms with Crippen LogP contribution in [-0.4, -0.2) is 26.1 Å². The van der Waals surface area contributed by atoms with E-state index in [0.717, 1.165) is 17.0 Å². The lowest BCUT2D eigenvalue weighted by Gasteiger charge is -2.06. The lowest BCUT2D eigenvalue weighted by atomic mass is 10.3. The molecule has 0 unspecified atom stereocenters. The van der Waals surface area contributed by atoms with Crippen molar-refractivity contribution < 1.29 is 13.6 Å². The second kappa shape index (κ2) is 6.61. The predicted molar refractivity (Wildman–Crippen MR) is 78.9 cm³/mol. The van der Waals surface area contributed by atoms with Crippen molar-refractivity contribution in [3.05, 3.63) is 58.0 Å². The van der Waals surface area contributed by atoms with Crippen LogP contribution in [0.2, 0.25) is 0 Å². The van der Waals surface area contributed by atoms with Crippen LogP contribution < -0.4 is 5.32 Å². The molecule has 2 heterocycles. The molecule has 23 heavy (non-hydrogen) atoms. The molecule has 6 nitrogen and oxygen atoms in total. The molecular formula is C14H11F2N5OS. The first-order valence-corrected chi connectivity index (χ1v) is 7.53. The van der Waals surface area contributed by atoms with Gasteiger partial charge in [0.2, 0.25) is 5.91 Å². The number of nitrogens with one attached hydrogen (secondary N) is 1. The highest BCUT2D eigenvalue weighted by molar-refractivity contribution is 7.10. The number of hydrogen-bond donors (Lipinski definition) is 1. The van der Waals surface area contributed by atoms with Gasteiger partial charge in [-0.05, 0) is 34.0 Å². The van der Waals surface area contributed by atoms with Crippen molar-refractivity contribution >= 4 is 17.2 Å². The first-order chi connectivity index (χ1) is 11.1. The first kappa shape index (κ1) is 15.2. The van der Waals surface area contributed by atoms with Gasteiger partial charge in [0, 0.05) is 10.9 Å². The van der Waals surface area contributed by atoms with E-state index in [-0.39, 0.29) is 24.6 Å². The Hall–Kier alpha value is -2.68. The third-order valence-electron chi connectivity index (χ3n) is 3.04. The van der Waals surface area contributed by atoms with Crippen LogP contribution in [0, 0.1) is 11.6 Å². The molecule has 0 atom stereocenters. The summed E-state index contributed by atoms with van der Waals surface area (Å²) in [6.45, 7) is 0.0796. The average molecular weight is 335 g/mol. The van der Waals surface area contributed by atoms with Gasteiger partial charge < -0.3 is 5.32 Å². The summed E-state index contributed by atoms with van der Waals surface area (Å²) in [6.07, 6.45) is 0.268. The summed E-state index contributed by atoms with van der Waals surface area (Å²) < 4.78 is 27.5. The smallest absolute Gasteiger partial charge is 0.225 e. The number of rotatable bonds is 5. The Morgan fingerprint density at radius 1 is 1.26 bits per heavy atom. The van der Waals surface area contributed by atoms with E-state index in [1.807, 2.05) is 17.5 Å². The normalized spacial score (nSPS) is 10.7. The molecule has 0 spiro atoms. The summed E-state index contributed by atoms with van der Waals surface area (Å²) in [6, 6.07) is 7.08. The number of benzene rings is 1. The van der Waals surface area contributed by atoms with E-state index in [9.17, 15) is 13.6 Å². The van der Waals surface area contributed by atoms with Crippen molar-refractivity contribution in [1.82, 2.24) is 25.5 Å². The van der Waals surface area contributed by atoms with Gasteiger partial charge in [0.05, 0.1) is 18.7 Å². The molecular weight excluding hydrogens is 324 g/mol. The van der Waals surface area contributed by atoms with Crippen LogP contribution in [0.15, 0.2) is 35.7 Å². The Balaban J connectivity index is 1.68. The van der Waals surface area contributed by atoms with Crippen molar-refractivity contribution in [2.75, 3.05) is 0 Å². The summed E-state index contributed by atoms with van der Waals surface area (Å²) in [5.41, 5.74) is 0.274. The lowest BCUT2D eigenvalue weighted by Crippen LogP contribution is -2.26. The van der Waals surface area contributed by atoms with Gasteiger partial charge >= 0.3 is 0 Å². The largest absolute Gasteiger partial charge is 0.348 e. The van der Waals surface area contributed by atoms with Gasteiger partial charge in [-0.15, -0.1) is 16.4 Å². The van der Waals surface area contributed by atoms with Crippen molar-refractivity contribution in [3.8, 4) is 5.69 Å². The Bertz CT molecular complexity index is 818. The van der Waals surface area contributed by atoms with E-state index < -0.39 is 11.6 Å². The molecule has 3 aromatic rings. The highest BCUT2D eigenvalue weighted by Crippen LogP contribution is 2.13. The monoisotopic (exact) mass is 335 g/mol. The Morgan fingerprint density at radius 3 is 2.87 bits per heavy atom. The van der Waals surface area contributed by atoms with E-state index in [2.05, 4.69) is 20.8 Å². The fraction of sp³-hybridized carbons (Fsp3) is 0.143. The molecule has 1 N–H and O–H groups in total. The van der Waals surface area contributed by atoms with Gasteiger partial charge in [0.1, 0.15) is 0 Å². The topological polar surface area (TPSA) is 72.7 Å². The maximum absolute atomic E-state index is 13.3. The van der Waals surface area contributed by atoms with Gasteiger partial charge in [-0.3, -0.25) is 4.79 Å². The highest BCUT2D eigenvalue weighted by Gasteiger charge is 2.12. The van der Waals surface area contributed by atoms with Crippen LogP contribution in [-0.2, 0) is 17.8 Å². The number of amides is 1. The summed E-state index contributed by atoms with van der Waals surface area (Å²) in [4.78, 5) is 12.8. The van der Waals surface area contributed by atoms with Crippen LogP contribution in [0.1, 0.15) is 10.7 Å². The Labute approximate surface area is 133 Å². The van der Waals surface area contributed by atoms with Crippen molar-refractivity contribution in [2.24, 2.45) is 0 Å². The molecule has 0 saturated heterocycles. The molecule has 0 fully saturated rings. The molecule has 1 amide bonds. The number of carbonyl (C=O) groups excluding carboxylic acids is 1. The van der Waals surface area contributed by atoms with Gasteiger partial charge in [-0.25, -0.2) is 8.78 Å². The molecule has 2 aromatic heterocycles. The second-order valence-corrected chi connectivity index (χ2v) is 5.67. The standard InChI is InChI=1S/C14H11F2N5OS/c15-11-4-3-9(6-12(11)16)21-13(18-19-20-21)8-17-14(22)7-10-2-1-5-23-10/h1-6H,7-8H2,(H,17,22). The summed E-state index contributed by atoms with van der Waals surface area (Å²) >= 11 is 1.49. The van der Waals surface area contributed by atoms with E-state index in [0.29, 0.717) is 5.82 Å². The van der Waals surface area contributed by atoms with E-state index in [1.54, 1.807) is 0 Å². The minimum Gasteiger partial charge on any atom is -0.348 e. The molecule has 0 radical (unpaired) electrons. The molecule has 0 aliphatic rings. The maximum atomic E-state index is 13.3.